The van der Waals surface area contributed by atoms with Crippen molar-refractivity contribution in [3.8, 4) is 0 Å². The number of carbonyl (C=O) groups excluding carboxylic acids is 1. The van der Waals surface area contributed by atoms with E-state index in [9.17, 15) is 4.79 Å². The Kier molecular flexibility index (Phi) is 2.31. The van der Waals surface area contributed by atoms with E-state index in [0.29, 0.717) is 14.7 Å². The molecular formula is C6H4Br2O2. The molecule has 0 spiro atoms. The Balaban J connectivity index is 3.23. The number of hydrogen-bond acceptors (Lipinski definition) is 2. The van der Waals surface area contributed by atoms with Crippen LogP contribution in [0.25, 0.3) is 0 Å². The second-order valence-corrected chi connectivity index (χ2v) is 3.36. The van der Waals surface area contributed by atoms with Gasteiger partial charge in [-0.2, -0.15) is 0 Å². The van der Waals surface area contributed by atoms with E-state index >= 15 is 0 Å². The van der Waals surface area contributed by atoms with Crippen LogP contribution in [0.1, 0.15) is 17.3 Å². The van der Waals surface area contributed by atoms with Crippen LogP contribution in [-0.4, -0.2) is 5.78 Å². The van der Waals surface area contributed by atoms with Crippen LogP contribution in [0.5, 0.6) is 0 Å². The Morgan fingerprint density at radius 3 is 2.40 bits per heavy atom. The number of Topliss-reactive ketones (excluding diaryl/α,β-unsaturated/α-hetero) is 1. The van der Waals surface area contributed by atoms with Crippen LogP contribution in [0.2, 0.25) is 0 Å². The van der Waals surface area contributed by atoms with Gasteiger partial charge in [-0.25, -0.2) is 0 Å². The fourth-order valence-electron chi connectivity index (χ4n) is 0.622. The van der Waals surface area contributed by atoms with Gasteiger partial charge in [0.05, 0.1) is 10.0 Å². The van der Waals surface area contributed by atoms with Crippen molar-refractivity contribution in [1.29, 1.82) is 0 Å². The zero-order valence-corrected chi connectivity index (χ0v) is 8.32. The Bertz CT molecular complexity index is 245. The molecule has 0 aromatic carbocycles. The van der Waals surface area contributed by atoms with Gasteiger partial charge in [0.2, 0.25) is 0 Å². The largest absolute Gasteiger partial charge is 0.456 e. The van der Waals surface area contributed by atoms with Crippen molar-refractivity contribution in [2.24, 2.45) is 0 Å². The standard InChI is InChI=1S/C6H4Br2O2/c1-3(9)5-4(7)2-10-6(5)8/h2H,1H3. The summed E-state index contributed by atoms with van der Waals surface area (Å²) >= 11 is 6.27. The van der Waals surface area contributed by atoms with E-state index in [-0.39, 0.29) is 5.78 Å². The molecule has 0 N–H and O–H groups in total. The van der Waals surface area contributed by atoms with Crippen molar-refractivity contribution >= 4 is 37.6 Å². The van der Waals surface area contributed by atoms with Crippen molar-refractivity contribution in [2.45, 2.75) is 6.92 Å². The summed E-state index contributed by atoms with van der Waals surface area (Å²) in [7, 11) is 0. The zero-order chi connectivity index (χ0) is 7.72. The lowest BCUT2D eigenvalue weighted by Crippen LogP contribution is -1.89. The Labute approximate surface area is 74.9 Å². The minimum absolute atomic E-state index is 0.0208. The first-order valence-corrected chi connectivity index (χ1v) is 4.15. The molecule has 0 bridgehead atoms. The number of hydrogen-bond donors (Lipinski definition) is 0. The fraction of sp³-hybridized carbons (Fsp3) is 0.167. The number of carbonyl (C=O) groups is 1. The van der Waals surface area contributed by atoms with E-state index in [4.69, 9.17) is 4.42 Å². The molecule has 1 heterocycles. The molecule has 0 fully saturated rings. The molecule has 0 saturated heterocycles. The van der Waals surface area contributed by atoms with Gasteiger partial charge in [-0.3, -0.25) is 4.79 Å². The lowest BCUT2D eigenvalue weighted by molar-refractivity contribution is 0.101. The lowest BCUT2D eigenvalue weighted by atomic mass is 10.2. The van der Waals surface area contributed by atoms with Gasteiger partial charge in [-0.1, -0.05) is 0 Å². The first-order valence-electron chi connectivity index (χ1n) is 2.56. The maximum atomic E-state index is 10.8. The molecule has 0 radical (unpaired) electrons. The molecule has 0 unspecified atom stereocenters. The van der Waals surface area contributed by atoms with E-state index in [1.807, 2.05) is 0 Å². The third-order valence-corrected chi connectivity index (χ3v) is 2.22. The van der Waals surface area contributed by atoms with Crippen LogP contribution in [0.15, 0.2) is 19.8 Å². The van der Waals surface area contributed by atoms with Gasteiger partial charge in [-0.05, 0) is 38.8 Å². The van der Waals surface area contributed by atoms with Crippen LogP contribution < -0.4 is 0 Å². The molecule has 4 heteroatoms. The SMILES string of the molecule is CC(=O)c1c(Br)coc1Br. The predicted molar refractivity (Wildman–Crippen MR) is 44.1 cm³/mol. The highest BCUT2D eigenvalue weighted by Crippen LogP contribution is 2.27. The first kappa shape index (κ1) is 8.01. The Morgan fingerprint density at radius 1 is 1.60 bits per heavy atom. The molecule has 1 aromatic heterocycles. The van der Waals surface area contributed by atoms with Crippen LogP contribution in [0, 0.1) is 0 Å². The van der Waals surface area contributed by atoms with Gasteiger partial charge in [0.1, 0.15) is 6.26 Å². The number of furan rings is 1. The third-order valence-electron chi connectivity index (χ3n) is 1.05. The van der Waals surface area contributed by atoms with Crippen molar-refractivity contribution in [1.82, 2.24) is 0 Å². The van der Waals surface area contributed by atoms with E-state index in [1.54, 1.807) is 0 Å². The molecule has 0 saturated carbocycles. The van der Waals surface area contributed by atoms with Crippen molar-refractivity contribution < 1.29 is 9.21 Å². The maximum absolute atomic E-state index is 10.8. The molecule has 0 aliphatic rings. The summed E-state index contributed by atoms with van der Waals surface area (Å²) in [5.41, 5.74) is 0.556. The van der Waals surface area contributed by atoms with Gasteiger partial charge in [0, 0.05) is 0 Å². The molecule has 0 amide bonds. The summed E-state index contributed by atoms with van der Waals surface area (Å²) < 4.78 is 6.07. The number of rotatable bonds is 1. The van der Waals surface area contributed by atoms with Crippen LogP contribution in [0.4, 0.5) is 0 Å². The second-order valence-electron chi connectivity index (χ2n) is 1.79. The third kappa shape index (κ3) is 1.32. The zero-order valence-electron chi connectivity index (χ0n) is 5.15. The molecule has 54 valence electrons. The molecule has 10 heavy (non-hydrogen) atoms. The number of halogens is 2. The normalized spacial score (nSPS) is 9.90. The van der Waals surface area contributed by atoms with Crippen LogP contribution in [0.3, 0.4) is 0 Å². The number of ketones is 1. The average Bonchev–Trinajstić information content (AvgIpc) is 2.11. The summed E-state index contributed by atoms with van der Waals surface area (Å²) in [5.74, 6) is -0.0208. The summed E-state index contributed by atoms with van der Waals surface area (Å²) in [6.45, 7) is 1.49. The minimum Gasteiger partial charge on any atom is -0.456 e. The monoisotopic (exact) mass is 266 g/mol. The van der Waals surface area contributed by atoms with Crippen molar-refractivity contribution in [3.63, 3.8) is 0 Å². The first-order chi connectivity index (χ1) is 4.63. The molecule has 0 atom stereocenters. The molecule has 0 aliphatic carbocycles. The minimum atomic E-state index is -0.0208. The molecule has 2 nitrogen and oxygen atoms in total. The Hall–Kier alpha value is -0.0900. The van der Waals surface area contributed by atoms with E-state index in [1.165, 1.54) is 13.2 Å². The van der Waals surface area contributed by atoms with Gasteiger partial charge in [0.25, 0.3) is 0 Å². The molecular weight excluding hydrogens is 264 g/mol. The molecule has 1 rings (SSSR count). The smallest absolute Gasteiger partial charge is 0.180 e. The van der Waals surface area contributed by atoms with E-state index in [0.717, 1.165) is 0 Å². The Morgan fingerprint density at radius 2 is 2.20 bits per heavy atom. The van der Waals surface area contributed by atoms with Crippen molar-refractivity contribution in [3.05, 3.63) is 21.0 Å². The van der Waals surface area contributed by atoms with Gasteiger partial charge in [-0.15, -0.1) is 0 Å². The van der Waals surface area contributed by atoms with Crippen molar-refractivity contribution in [2.75, 3.05) is 0 Å². The van der Waals surface area contributed by atoms with Gasteiger partial charge >= 0.3 is 0 Å². The van der Waals surface area contributed by atoms with Crippen LogP contribution >= 0.6 is 31.9 Å². The highest BCUT2D eigenvalue weighted by atomic mass is 79.9. The predicted octanol–water partition coefficient (Wildman–Crippen LogP) is 3.01. The second kappa shape index (κ2) is 2.88. The van der Waals surface area contributed by atoms with Gasteiger partial charge < -0.3 is 4.42 Å². The highest BCUT2D eigenvalue weighted by molar-refractivity contribution is 9.11. The fourth-order valence-corrected chi connectivity index (χ4v) is 2.03. The summed E-state index contributed by atoms with van der Waals surface area (Å²) in [6.07, 6.45) is 1.47. The highest BCUT2D eigenvalue weighted by Gasteiger charge is 2.12. The van der Waals surface area contributed by atoms with E-state index < -0.39 is 0 Å². The van der Waals surface area contributed by atoms with E-state index in [2.05, 4.69) is 31.9 Å². The summed E-state index contributed by atoms with van der Waals surface area (Å²) in [6, 6.07) is 0. The summed E-state index contributed by atoms with van der Waals surface area (Å²) in [4.78, 5) is 10.8. The van der Waals surface area contributed by atoms with Crippen LogP contribution in [-0.2, 0) is 0 Å². The molecule has 0 aliphatic heterocycles. The van der Waals surface area contributed by atoms with Gasteiger partial charge in [0.15, 0.2) is 10.5 Å². The molecule has 1 aromatic rings. The maximum Gasteiger partial charge on any atom is 0.180 e. The summed E-state index contributed by atoms with van der Waals surface area (Å²) in [5, 5.41) is 0. The topological polar surface area (TPSA) is 30.2 Å². The quantitative estimate of drug-likeness (QED) is 0.733. The lowest BCUT2D eigenvalue weighted by Gasteiger charge is -1.88. The average molecular weight is 268 g/mol.